The third kappa shape index (κ3) is 5.42. The topological polar surface area (TPSA) is 72.7 Å². The SMILES string of the molecule is Cc1ccc(-n2nnnc2S[C@@H](C)C(=O)N[C@@H](C)CCc2ccccc2)cc1. The third-order valence-electron chi connectivity index (χ3n) is 4.47. The number of nitrogens with one attached hydrogen (secondary N) is 1. The van der Waals surface area contributed by atoms with Gasteiger partial charge in [0.15, 0.2) is 0 Å². The van der Waals surface area contributed by atoms with Crippen LogP contribution in [0.15, 0.2) is 59.8 Å². The quantitative estimate of drug-likeness (QED) is 0.590. The first-order valence-electron chi connectivity index (χ1n) is 9.39. The molecule has 0 saturated heterocycles. The fourth-order valence-electron chi connectivity index (χ4n) is 2.77. The van der Waals surface area contributed by atoms with Crippen LogP contribution in [0, 0.1) is 6.92 Å². The molecule has 3 aromatic rings. The Labute approximate surface area is 169 Å². The molecule has 0 unspecified atom stereocenters. The molecule has 2 aromatic carbocycles. The van der Waals surface area contributed by atoms with E-state index in [1.807, 2.05) is 63.2 Å². The first-order valence-corrected chi connectivity index (χ1v) is 10.3. The Hall–Kier alpha value is -2.67. The number of tetrazole rings is 1. The average molecular weight is 396 g/mol. The van der Waals surface area contributed by atoms with E-state index in [-0.39, 0.29) is 17.2 Å². The van der Waals surface area contributed by atoms with Crippen molar-refractivity contribution in [1.29, 1.82) is 0 Å². The van der Waals surface area contributed by atoms with E-state index < -0.39 is 0 Å². The molecule has 1 N–H and O–H groups in total. The molecule has 6 nitrogen and oxygen atoms in total. The van der Waals surface area contributed by atoms with E-state index in [9.17, 15) is 4.79 Å². The van der Waals surface area contributed by atoms with E-state index in [4.69, 9.17) is 0 Å². The first-order chi connectivity index (χ1) is 13.5. The first kappa shape index (κ1) is 20.1. The van der Waals surface area contributed by atoms with Crippen LogP contribution in [0.1, 0.15) is 31.4 Å². The smallest absolute Gasteiger partial charge is 0.233 e. The summed E-state index contributed by atoms with van der Waals surface area (Å²) >= 11 is 1.36. The highest BCUT2D eigenvalue weighted by molar-refractivity contribution is 8.00. The molecule has 0 spiro atoms. The number of nitrogens with zero attached hydrogens (tertiary/aromatic N) is 4. The number of benzene rings is 2. The monoisotopic (exact) mass is 395 g/mol. The number of rotatable bonds is 8. The van der Waals surface area contributed by atoms with Crippen LogP contribution in [-0.2, 0) is 11.2 Å². The number of carbonyl (C=O) groups is 1. The zero-order chi connectivity index (χ0) is 19.9. The molecule has 7 heteroatoms. The van der Waals surface area contributed by atoms with Crippen LogP contribution in [0.2, 0.25) is 0 Å². The Morgan fingerprint density at radius 2 is 1.82 bits per heavy atom. The molecule has 2 atom stereocenters. The predicted octanol–water partition coefficient (Wildman–Crippen LogP) is 3.59. The minimum Gasteiger partial charge on any atom is -0.353 e. The Bertz CT molecular complexity index is 895. The molecule has 0 aliphatic rings. The fourth-order valence-corrected chi connectivity index (χ4v) is 3.59. The Morgan fingerprint density at radius 3 is 2.54 bits per heavy atom. The largest absolute Gasteiger partial charge is 0.353 e. The van der Waals surface area contributed by atoms with E-state index in [0.717, 1.165) is 18.5 Å². The third-order valence-corrected chi connectivity index (χ3v) is 5.50. The van der Waals surface area contributed by atoms with Gasteiger partial charge in [0.05, 0.1) is 10.9 Å². The van der Waals surface area contributed by atoms with Crippen LogP contribution in [0.25, 0.3) is 5.69 Å². The van der Waals surface area contributed by atoms with Crippen molar-refractivity contribution in [2.45, 2.75) is 50.1 Å². The van der Waals surface area contributed by atoms with Crippen molar-refractivity contribution in [3.8, 4) is 5.69 Å². The number of amides is 1. The summed E-state index contributed by atoms with van der Waals surface area (Å²) in [6.07, 6.45) is 1.84. The second kappa shape index (κ2) is 9.50. The summed E-state index contributed by atoms with van der Waals surface area (Å²) in [5.41, 5.74) is 3.33. The fraction of sp³-hybridized carbons (Fsp3) is 0.333. The number of carbonyl (C=O) groups excluding carboxylic acids is 1. The second-order valence-corrected chi connectivity index (χ2v) is 8.21. The lowest BCUT2D eigenvalue weighted by Gasteiger charge is -2.17. The van der Waals surface area contributed by atoms with Gasteiger partial charge in [0.25, 0.3) is 0 Å². The lowest BCUT2D eigenvalue weighted by Crippen LogP contribution is -2.38. The highest BCUT2D eigenvalue weighted by Gasteiger charge is 2.20. The minimum absolute atomic E-state index is 0.0102. The van der Waals surface area contributed by atoms with Crippen LogP contribution in [-0.4, -0.2) is 37.4 Å². The van der Waals surface area contributed by atoms with Gasteiger partial charge in [-0.1, -0.05) is 59.8 Å². The molecule has 0 radical (unpaired) electrons. The van der Waals surface area contributed by atoms with Crippen LogP contribution in [0.3, 0.4) is 0 Å². The molecule has 1 amide bonds. The lowest BCUT2D eigenvalue weighted by molar-refractivity contribution is -0.120. The van der Waals surface area contributed by atoms with E-state index in [1.54, 1.807) is 4.68 Å². The normalized spacial score (nSPS) is 13.1. The van der Waals surface area contributed by atoms with E-state index >= 15 is 0 Å². The van der Waals surface area contributed by atoms with Gasteiger partial charge in [-0.2, -0.15) is 4.68 Å². The van der Waals surface area contributed by atoms with Gasteiger partial charge in [-0.15, -0.1) is 5.10 Å². The van der Waals surface area contributed by atoms with Crippen molar-refractivity contribution < 1.29 is 4.79 Å². The van der Waals surface area contributed by atoms with Crippen LogP contribution in [0.5, 0.6) is 0 Å². The van der Waals surface area contributed by atoms with Crippen LogP contribution >= 0.6 is 11.8 Å². The van der Waals surface area contributed by atoms with Crippen LogP contribution < -0.4 is 5.32 Å². The zero-order valence-corrected chi connectivity index (χ0v) is 17.2. The molecule has 0 fully saturated rings. The number of aromatic nitrogens is 4. The maximum atomic E-state index is 12.6. The van der Waals surface area contributed by atoms with Crippen molar-refractivity contribution in [1.82, 2.24) is 25.5 Å². The molecular formula is C21H25N5OS. The van der Waals surface area contributed by atoms with Gasteiger partial charge in [-0.3, -0.25) is 4.79 Å². The summed E-state index contributed by atoms with van der Waals surface area (Å²) in [6.45, 7) is 5.94. The van der Waals surface area contributed by atoms with Crippen LogP contribution in [0.4, 0.5) is 0 Å². The molecule has 1 aromatic heterocycles. The van der Waals surface area contributed by atoms with Gasteiger partial charge in [-0.05, 0) is 61.7 Å². The van der Waals surface area contributed by atoms with E-state index in [2.05, 4.69) is 33.0 Å². The molecule has 0 saturated carbocycles. The van der Waals surface area contributed by atoms with Gasteiger partial charge in [0, 0.05) is 6.04 Å². The van der Waals surface area contributed by atoms with Crippen molar-refractivity contribution in [3.05, 3.63) is 65.7 Å². The van der Waals surface area contributed by atoms with E-state index in [0.29, 0.717) is 5.16 Å². The van der Waals surface area contributed by atoms with Gasteiger partial charge in [0.2, 0.25) is 11.1 Å². The van der Waals surface area contributed by atoms with Crippen molar-refractivity contribution in [3.63, 3.8) is 0 Å². The second-order valence-electron chi connectivity index (χ2n) is 6.90. The summed E-state index contributed by atoms with van der Waals surface area (Å²) in [6, 6.07) is 18.4. The highest BCUT2D eigenvalue weighted by Crippen LogP contribution is 2.23. The molecule has 1 heterocycles. The van der Waals surface area contributed by atoms with Gasteiger partial charge in [0.1, 0.15) is 0 Å². The molecule has 3 rings (SSSR count). The van der Waals surface area contributed by atoms with Crippen molar-refractivity contribution >= 4 is 17.7 Å². The lowest BCUT2D eigenvalue weighted by atomic mass is 10.1. The van der Waals surface area contributed by atoms with E-state index in [1.165, 1.54) is 22.9 Å². The summed E-state index contributed by atoms with van der Waals surface area (Å²) in [4.78, 5) is 12.6. The number of hydrogen-bond acceptors (Lipinski definition) is 5. The molecule has 28 heavy (non-hydrogen) atoms. The summed E-state index contributed by atoms with van der Waals surface area (Å²) < 4.78 is 1.66. The summed E-state index contributed by atoms with van der Waals surface area (Å²) in [5.74, 6) is -0.0102. The van der Waals surface area contributed by atoms with Gasteiger partial charge in [-0.25, -0.2) is 0 Å². The predicted molar refractivity (Wildman–Crippen MR) is 112 cm³/mol. The molecule has 0 bridgehead atoms. The molecule has 0 aliphatic carbocycles. The van der Waals surface area contributed by atoms with Gasteiger partial charge < -0.3 is 5.32 Å². The average Bonchev–Trinajstić information content (AvgIpc) is 3.16. The molecular weight excluding hydrogens is 370 g/mol. The van der Waals surface area contributed by atoms with Gasteiger partial charge >= 0.3 is 0 Å². The van der Waals surface area contributed by atoms with Crippen molar-refractivity contribution in [2.24, 2.45) is 0 Å². The van der Waals surface area contributed by atoms with Crippen molar-refractivity contribution in [2.75, 3.05) is 0 Å². The minimum atomic E-state index is -0.297. The number of aryl methyl sites for hydroxylation is 2. The number of hydrogen-bond donors (Lipinski definition) is 1. The highest BCUT2D eigenvalue weighted by atomic mass is 32.2. The number of thioether (sulfide) groups is 1. The zero-order valence-electron chi connectivity index (χ0n) is 16.4. The standard InChI is InChI=1S/C21H25N5OS/c1-15-9-13-19(14-10-15)26-21(23-24-25-26)28-17(3)20(27)22-16(2)11-12-18-7-5-4-6-8-18/h4-10,13-14,16-17H,11-12H2,1-3H3,(H,22,27)/t16-,17-/m0/s1. The molecule has 0 aliphatic heterocycles. The maximum absolute atomic E-state index is 12.6. The summed E-state index contributed by atoms with van der Waals surface area (Å²) in [5, 5.41) is 15.3. The Morgan fingerprint density at radius 1 is 1.11 bits per heavy atom. The molecule has 146 valence electrons. The maximum Gasteiger partial charge on any atom is 0.233 e. The summed E-state index contributed by atoms with van der Waals surface area (Å²) in [7, 11) is 0. The Kier molecular flexibility index (Phi) is 6.81. The Balaban J connectivity index is 1.54.